The molecule has 45 heavy (non-hydrogen) atoms. The summed E-state index contributed by atoms with van der Waals surface area (Å²) in [5.74, 6) is -2.69. The minimum atomic E-state index is -1.13. The van der Waals surface area contributed by atoms with Crippen LogP contribution in [0.1, 0.15) is 80.1 Å². The number of nitrogens with zero attached hydrogens (tertiary/aromatic N) is 1. The maximum atomic E-state index is 14.7. The van der Waals surface area contributed by atoms with Crippen LogP contribution in [0.25, 0.3) is 22.0 Å². The van der Waals surface area contributed by atoms with Crippen LogP contribution < -0.4 is 20.5 Å². The van der Waals surface area contributed by atoms with Gasteiger partial charge in [-0.1, -0.05) is 18.2 Å². The molecule has 1 aliphatic carbocycles. The number of Topliss-reactive ketones (excluding diaryl/α,β-unsaturated/α-hetero) is 2. The first-order valence-electron chi connectivity index (χ1n) is 15.3. The molecule has 2 aliphatic heterocycles. The fourth-order valence-electron chi connectivity index (χ4n) is 6.86. The zero-order valence-corrected chi connectivity index (χ0v) is 24.8. The normalized spacial score (nSPS) is 18.8. The molecular formula is C35H33N3O7. The lowest BCUT2D eigenvalue weighted by molar-refractivity contribution is -0.0138. The van der Waals surface area contributed by atoms with E-state index in [1.54, 1.807) is 54.7 Å². The summed E-state index contributed by atoms with van der Waals surface area (Å²) in [7, 11) is 0. The van der Waals surface area contributed by atoms with Crippen molar-refractivity contribution in [2.75, 3.05) is 19.7 Å². The Bertz CT molecular complexity index is 1900. The second-order valence-electron chi connectivity index (χ2n) is 12.0. The van der Waals surface area contributed by atoms with Crippen LogP contribution in [0.5, 0.6) is 11.5 Å². The molecule has 1 aromatic heterocycles. The van der Waals surface area contributed by atoms with E-state index in [0.717, 1.165) is 12.8 Å². The van der Waals surface area contributed by atoms with Gasteiger partial charge in [0.1, 0.15) is 23.0 Å². The average molecular weight is 608 g/mol. The quantitative estimate of drug-likeness (QED) is 0.186. The summed E-state index contributed by atoms with van der Waals surface area (Å²) in [4.78, 5) is 53.2. The molecule has 4 aromatic rings. The fourth-order valence-corrected chi connectivity index (χ4v) is 6.86. The first-order chi connectivity index (χ1) is 21.7. The number of carboxylic acids is 1. The third kappa shape index (κ3) is 4.85. The van der Waals surface area contributed by atoms with Crippen molar-refractivity contribution in [2.45, 2.75) is 44.2 Å². The van der Waals surface area contributed by atoms with Crippen LogP contribution in [0.4, 0.5) is 0 Å². The first kappa shape index (κ1) is 28.8. The molecule has 7 rings (SSSR count). The first-order valence-corrected chi connectivity index (χ1v) is 15.3. The number of amides is 1. The fraction of sp³-hybridized carbons (Fsp3) is 0.314. The van der Waals surface area contributed by atoms with Gasteiger partial charge in [0.05, 0.1) is 34.2 Å². The molecule has 4 N–H and O–H groups in total. The van der Waals surface area contributed by atoms with E-state index in [2.05, 4.69) is 5.32 Å². The Morgan fingerprint density at radius 2 is 1.80 bits per heavy atom. The second kappa shape index (κ2) is 10.9. The number of rotatable bonds is 8. The zero-order valence-electron chi connectivity index (χ0n) is 24.8. The molecular weight excluding hydrogens is 574 g/mol. The SMILES string of the molecule is CCOc1cc(C(=O)[C@@H]2C(=O)c3cc(-c4cccc(C(=O)O)c4)ccc3OC23CCNCC3)cc2c1c(C(N)=O)cn2C1CC1. The highest BCUT2D eigenvalue weighted by Crippen LogP contribution is 2.46. The Labute approximate surface area is 259 Å². The highest BCUT2D eigenvalue weighted by Gasteiger charge is 2.54. The highest BCUT2D eigenvalue weighted by atomic mass is 16.5. The lowest BCUT2D eigenvalue weighted by atomic mass is 9.70. The van der Waals surface area contributed by atoms with Crippen molar-refractivity contribution < 1.29 is 33.8 Å². The molecule has 10 heteroatoms. The number of nitrogens with two attached hydrogens (primary N) is 1. The van der Waals surface area contributed by atoms with Gasteiger partial charge in [0, 0.05) is 30.6 Å². The van der Waals surface area contributed by atoms with E-state index in [4.69, 9.17) is 15.2 Å². The van der Waals surface area contributed by atoms with E-state index >= 15 is 0 Å². The predicted octanol–water partition coefficient (Wildman–Crippen LogP) is 5.04. The van der Waals surface area contributed by atoms with Gasteiger partial charge in [0.2, 0.25) is 0 Å². The Hall–Kier alpha value is -4.96. The Balaban J connectivity index is 1.35. The molecule has 3 aliphatic rings. The highest BCUT2D eigenvalue weighted by molar-refractivity contribution is 6.20. The van der Waals surface area contributed by atoms with Gasteiger partial charge in [-0.05, 0) is 80.4 Å². The van der Waals surface area contributed by atoms with E-state index in [9.17, 15) is 24.3 Å². The largest absolute Gasteiger partial charge is 0.493 e. The number of piperidine rings is 1. The number of nitrogens with one attached hydrogen (secondary N) is 1. The molecule has 0 radical (unpaired) electrons. The molecule has 2 fully saturated rings. The molecule has 1 spiro atoms. The topological polar surface area (TPSA) is 150 Å². The summed E-state index contributed by atoms with van der Waals surface area (Å²) in [6.45, 7) is 3.30. The smallest absolute Gasteiger partial charge is 0.335 e. The van der Waals surface area contributed by atoms with E-state index in [-0.39, 0.29) is 28.7 Å². The van der Waals surface area contributed by atoms with Crippen molar-refractivity contribution in [3.05, 3.63) is 83.0 Å². The van der Waals surface area contributed by atoms with Crippen LogP contribution in [0, 0.1) is 5.92 Å². The number of carbonyl (C=O) groups excluding carboxylic acids is 3. The van der Waals surface area contributed by atoms with Gasteiger partial charge < -0.3 is 30.2 Å². The molecule has 230 valence electrons. The van der Waals surface area contributed by atoms with Crippen molar-refractivity contribution >= 4 is 34.3 Å². The van der Waals surface area contributed by atoms with Gasteiger partial charge in [-0.2, -0.15) is 0 Å². The standard InChI is InChI=1S/C35H33N3O7/c1-2-44-28-17-22(16-26-29(28)25(33(36)41)18-38(26)23-7-8-23)31(39)30-32(40)24-15-20(19-4-3-5-21(14-19)34(42)43)6-9-27(24)45-35(30)10-12-37-13-11-35/h3-6,9,14-18,23,30,37H,2,7-8,10-13H2,1H3,(H2,36,41)(H,42,43)/t30-/m1/s1. The minimum Gasteiger partial charge on any atom is -0.493 e. The van der Waals surface area contributed by atoms with Crippen LogP contribution in [-0.2, 0) is 0 Å². The van der Waals surface area contributed by atoms with Gasteiger partial charge in [-0.3, -0.25) is 14.4 Å². The third-order valence-corrected chi connectivity index (χ3v) is 9.19. The average Bonchev–Trinajstić information content (AvgIpc) is 3.80. The van der Waals surface area contributed by atoms with Crippen LogP contribution >= 0.6 is 0 Å². The van der Waals surface area contributed by atoms with Crippen LogP contribution in [0.2, 0.25) is 0 Å². The van der Waals surface area contributed by atoms with Crippen molar-refractivity contribution in [1.29, 1.82) is 0 Å². The summed E-state index contributed by atoms with van der Waals surface area (Å²) < 4.78 is 14.6. The van der Waals surface area contributed by atoms with Gasteiger partial charge in [-0.15, -0.1) is 0 Å². The number of benzene rings is 3. The predicted molar refractivity (Wildman–Crippen MR) is 166 cm³/mol. The zero-order chi connectivity index (χ0) is 31.5. The maximum absolute atomic E-state index is 14.7. The summed E-state index contributed by atoms with van der Waals surface area (Å²) >= 11 is 0. The molecule has 0 unspecified atom stereocenters. The lowest BCUT2D eigenvalue weighted by Crippen LogP contribution is -2.58. The number of fused-ring (bicyclic) bond motifs is 2. The summed E-state index contributed by atoms with van der Waals surface area (Å²) in [5, 5.41) is 13.4. The van der Waals surface area contributed by atoms with Gasteiger partial charge in [0.25, 0.3) is 5.91 Å². The summed E-state index contributed by atoms with van der Waals surface area (Å²) in [6, 6.07) is 15.3. The van der Waals surface area contributed by atoms with E-state index < -0.39 is 23.4 Å². The summed E-state index contributed by atoms with van der Waals surface area (Å²) in [6.07, 6.45) is 4.55. The van der Waals surface area contributed by atoms with Crippen LogP contribution in [0.3, 0.4) is 0 Å². The van der Waals surface area contributed by atoms with Crippen molar-refractivity contribution in [3.63, 3.8) is 0 Å². The number of ether oxygens (including phenoxy) is 2. The molecule has 3 heterocycles. The number of aromatic carboxylic acids is 1. The molecule has 3 aromatic carbocycles. The monoisotopic (exact) mass is 607 g/mol. The van der Waals surface area contributed by atoms with E-state index in [1.165, 1.54) is 6.07 Å². The van der Waals surface area contributed by atoms with E-state index in [0.29, 0.717) is 77.2 Å². The number of ketones is 2. The number of hydrogen-bond acceptors (Lipinski definition) is 7. The number of primary amides is 1. The van der Waals surface area contributed by atoms with Crippen molar-refractivity contribution in [1.82, 2.24) is 9.88 Å². The van der Waals surface area contributed by atoms with Gasteiger partial charge in [0.15, 0.2) is 11.6 Å². The van der Waals surface area contributed by atoms with Crippen molar-refractivity contribution in [2.24, 2.45) is 11.7 Å². The number of hydrogen-bond donors (Lipinski definition) is 3. The molecule has 10 nitrogen and oxygen atoms in total. The third-order valence-electron chi connectivity index (χ3n) is 9.19. The maximum Gasteiger partial charge on any atom is 0.335 e. The molecule has 1 saturated heterocycles. The molecule has 1 amide bonds. The van der Waals surface area contributed by atoms with Crippen LogP contribution in [0.15, 0.2) is 60.8 Å². The van der Waals surface area contributed by atoms with Crippen LogP contribution in [-0.4, -0.2) is 58.4 Å². The van der Waals surface area contributed by atoms with Crippen molar-refractivity contribution in [3.8, 4) is 22.6 Å². The molecule has 0 bridgehead atoms. The summed E-state index contributed by atoms with van der Waals surface area (Å²) in [5.41, 5.74) is 7.70. The number of carbonyl (C=O) groups is 4. The minimum absolute atomic E-state index is 0.130. The van der Waals surface area contributed by atoms with E-state index in [1.807, 2.05) is 11.5 Å². The molecule has 1 atom stereocenters. The Kier molecular flexibility index (Phi) is 6.96. The number of carboxylic acid groups (broad SMARTS) is 1. The second-order valence-corrected chi connectivity index (χ2v) is 12.0. The number of aromatic nitrogens is 1. The lowest BCUT2D eigenvalue weighted by Gasteiger charge is -2.45. The Morgan fingerprint density at radius 1 is 1.04 bits per heavy atom. The molecule has 1 saturated carbocycles. The Morgan fingerprint density at radius 3 is 2.49 bits per heavy atom. The van der Waals surface area contributed by atoms with Gasteiger partial charge >= 0.3 is 5.97 Å². The van der Waals surface area contributed by atoms with Gasteiger partial charge in [-0.25, -0.2) is 4.79 Å².